The first kappa shape index (κ1) is 20.2. The van der Waals surface area contributed by atoms with Crippen LogP contribution in [0.25, 0.3) is 6.08 Å². The van der Waals surface area contributed by atoms with Crippen LogP contribution in [0.2, 0.25) is 0 Å². The molecule has 140 valence electrons. The molecule has 2 amide bonds. The van der Waals surface area contributed by atoms with E-state index >= 15 is 0 Å². The normalized spacial score (nSPS) is 15.6. The van der Waals surface area contributed by atoms with Gasteiger partial charge in [-0.1, -0.05) is 28.1 Å². The lowest BCUT2D eigenvalue weighted by atomic mass is 10.1. The molecule has 0 aromatic heterocycles. The van der Waals surface area contributed by atoms with Crippen molar-refractivity contribution in [2.24, 2.45) is 0 Å². The number of imide groups is 1. The minimum atomic E-state index is -0.297. The van der Waals surface area contributed by atoms with Gasteiger partial charge in [-0.15, -0.1) is 0 Å². The van der Waals surface area contributed by atoms with Gasteiger partial charge in [-0.2, -0.15) is 0 Å². The van der Waals surface area contributed by atoms with E-state index in [1.807, 2.05) is 30.3 Å². The van der Waals surface area contributed by atoms with E-state index in [0.717, 1.165) is 35.8 Å². The molecule has 2 aromatic carbocycles. The van der Waals surface area contributed by atoms with Crippen LogP contribution in [0.3, 0.4) is 0 Å². The molecule has 0 unspecified atom stereocenters. The molecule has 0 aliphatic carbocycles. The third-order valence-corrected chi connectivity index (χ3v) is 6.12. The number of methoxy groups -OCH3 is 1. The Kier molecular flexibility index (Phi) is 6.48. The number of hydrogen-bond donors (Lipinski definition) is 0. The molecule has 8 heteroatoms. The second-order valence-corrected chi connectivity index (χ2v) is 8.76. The van der Waals surface area contributed by atoms with Gasteiger partial charge >= 0.3 is 0 Å². The summed E-state index contributed by atoms with van der Waals surface area (Å²) in [5.74, 6) is 0.914. The molecule has 1 aliphatic heterocycles. The van der Waals surface area contributed by atoms with E-state index < -0.39 is 0 Å². The van der Waals surface area contributed by atoms with Crippen molar-refractivity contribution in [3.63, 3.8) is 0 Å². The standard InChI is InChI=1S/C19H15BrINO4S/c1-22-18(23)16(27-19(22)24)9-12-7-14(21)17(15(8-12)25-2)26-10-11-3-5-13(20)6-4-11/h3-9H,10H2,1-2H3/b16-9-. The molecule has 1 aliphatic rings. The third kappa shape index (κ3) is 4.67. The topological polar surface area (TPSA) is 55.8 Å². The van der Waals surface area contributed by atoms with E-state index in [9.17, 15) is 9.59 Å². The van der Waals surface area contributed by atoms with Crippen LogP contribution in [0.1, 0.15) is 11.1 Å². The Morgan fingerprint density at radius 2 is 1.93 bits per heavy atom. The zero-order valence-corrected chi connectivity index (χ0v) is 19.1. The highest BCUT2D eigenvalue weighted by Crippen LogP contribution is 2.37. The van der Waals surface area contributed by atoms with Gasteiger partial charge in [0.2, 0.25) is 0 Å². The van der Waals surface area contributed by atoms with Crippen LogP contribution in [-0.4, -0.2) is 30.2 Å². The first-order valence-electron chi connectivity index (χ1n) is 7.85. The molecule has 0 radical (unpaired) electrons. The van der Waals surface area contributed by atoms with Crippen LogP contribution < -0.4 is 9.47 Å². The number of nitrogens with zero attached hydrogens (tertiary/aromatic N) is 1. The second kappa shape index (κ2) is 8.66. The van der Waals surface area contributed by atoms with Crippen molar-refractivity contribution in [3.05, 3.63) is 60.5 Å². The maximum atomic E-state index is 12.1. The van der Waals surface area contributed by atoms with Crippen molar-refractivity contribution in [3.8, 4) is 11.5 Å². The van der Waals surface area contributed by atoms with Gasteiger partial charge in [0.15, 0.2) is 11.5 Å². The highest BCUT2D eigenvalue weighted by molar-refractivity contribution is 14.1. The second-order valence-electron chi connectivity index (χ2n) is 5.69. The monoisotopic (exact) mass is 559 g/mol. The molecule has 0 atom stereocenters. The molecule has 0 saturated carbocycles. The Balaban J connectivity index is 1.84. The number of ether oxygens (including phenoxy) is 2. The number of carbonyl (C=O) groups excluding carboxylic acids is 2. The number of rotatable bonds is 5. The lowest BCUT2D eigenvalue weighted by Crippen LogP contribution is -2.22. The van der Waals surface area contributed by atoms with E-state index in [1.165, 1.54) is 7.05 Å². The average Bonchev–Trinajstić information content (AvgIpc) is 2.88. The van der Waals surface area contributed by atoms with Crippen LogP contribution in [0.15, 0.2) is 45.8 Å². The summed E-state index contributed by atoms with van der Waals surface area (Å²) in [5.41, 5.74) is 1.81. The summed E-state index contributed by atoms with van der Waals surface area (Å²) in [4.78, 5) is 25.2. The molecule has 27 heavy (non-hydrogen) atoms. The molecule has 1 fully saturated rings. The first-order chi connectivity index (χ1) is 12.9. The molecule has 3 rings (SSSR count). The smallest absolute Gasteiger partial charge is 0.293 e. The van der Waals surface area contributed by atoms with E-state index in [0.29, 0.717) is 23.0 Å². The van der Waals surface area contributed by atoms with Crippen LogP contribution in [0.5, 0.6) is 11.5 Å². The average molecular weight is 560 g/mol. The minimum absolute atomic E-state index is 0.276. The van der Waals surface area contributed by atoms with Crippen molar-refractivity contribution in [1.82, 2.24) is 4.90 Å². The Hall–Kier alpha value is -1.52. The highest BCUT2D eigenvalue weighted by atomic mass is 127. The summed E-state index contributed by atoms with van der Waals surface area (Å²) in [6.07, 6.45) is 1.69. The van der Waals surface area contributed by atoms with Crippen LogP contribution >= 0.6 is 50.3 Å². The van der Waals surface area contributed by atoms with Crippen molar-refractivity contribution >= 4 is 67.5 Å². The number of likely N-dealkylation sites (N-methyl/N-ethyl adjacent to an activating group) is 1. The summed E-state index contributed by atoms with van der Waals surface area (Å²) in [6, 6.07) is 11.6. The van der Waals surface area contributed by atoms with Gasteiger partial charge in [0, 0.05) is 11.5 Å². The number of hydrogen-bond acceptors (Lipinski definition) is 5. The Morgan fingerprint density at radius 1 is 1.22 bits per heavy atom. The third-order valence-electron chi connectivity index (χ3n) is 3.83. The van der Waals surface area contributed by atoms with E-state index in [-0.39, 0.29) is 11.1 Å². The zero-order chi connectivity index (χ0) is 19.6. The Bertz CT molecular complexity index is 930. The van der Waals surface area contributed by atoms with E-state index in [1.54, 1.807) is 19.3 Å². The van der Waals surface area contributed by atoms with Gasteiger partial charge in [-0.3, -0.25) is 14.5 Å². The molecule has 0 N–H and O–H groups in total. The summed E-state index contributed by atoms with van der Waals surface area (Å²) in [7, 11) is 3.05. The molecular weight excluding hydrogens is 545 g/mol. The SMILES string of the molecule is COc1cc(/C=C2\SC(=O)N(C)C2=O)cc(I)c1OCc1ccc(Br)cc1. The van der Waals surface area contributed by atoms with Gasteiger partial charge in [0.05, 0.1) is 15.6 Å². The molecule has 2 aromatic rings. The lowest BCUT2D eigenvalue weighted by Gasteiger charge is -2.14. The summed E-state index contributed by atoms with van der Waals surface area (Å²) < 4.78 is 13.3. The summed E-state index contributed by atoms with van der Waals surface area (Å²) >= 11 is 6.52. The van der Waals surface area contributed by atoms with Crippen molar-refractivity contribution in [2.45, 2.75) is 6.61 Å². The van der Waals surface area contributed by atoms with Crippen LogP contribution in [-0.2, 0) is 11.4 Å². The maximum absolute atomic E-state index is 12.1. The molecule has 1 heterocycles. The highest BCUT2D eigenvalue weighted by Gasteiger charge is 2.31. The Labute approximate surface area is 183 Å². The molecular formula is C19H15BrINO4S. The number of benzene rings is 2. The maximum Gasteiger partial charge on any atom is 0.293 e. The van der Waals surface area contributed by atoms with Crippen LogP contribution in [0, 0.1) is 3.57 Å². The van der Waals surface area contributed by atoms with Gasteiger partial charge in [0.1, 0.15) is 6.61 Å². The predicted molar refractivity (Wildman–Crippen MR) is 118 cm³/mol. The van der Waals surface area contributed by atoms with Gasteiger partial charge < -0.3 is 9.47 Å². The number of thioether (sulfide) groups is 1. The number of carbonyl (C=O) groups is 2. The fraction of sp³-hybridized carbons (Fsp3) is 0.158. The number of amides is 2. The first-order valence-corrected chi connectivity index (χ1v) is 10.5. The Morgan fingerprint density at radius 3 is 2.52 bits per heavy atom. The quantitative estimate of drug-likeness (QED) is 0.367. The molecule has 0 bridgehead atoms. The summed E-state index contributed by atoms with van der Waals surface area (Å²) in [5, 5.41) is -0.276. The summed E-state index contributed by atoms with van der Waals surface area (Å²) in [6.45, 7) is 0.410. The van der Waals surface area contributed by atoms with E-state index in [2.05, 4.69) is 38.5 Å². The van der Waals surface area contributed by atoms with E-state index in [4.69, 9.17) is 9.47 Å². The number of halogens is 2. The predicted octanol–water partition coefficient (Wildman–Crippen LogP) is 5.31. The van der Waals surface area contributed by atoms with Crippen molar-refractivity contribution in [1.29, 1.82) is 0 Å². The van der Waals surface area contributed by atoms with Gasteiger partial charge in [-0.05, 0) is 75.8 Å². The van der Waals surface area contributed by atoms with Crippen molar-refractivity contribution in [2.75, 3.05) is 14.2 Å². The van der Waals surface area contributed by atoms with Gasteiger partial charge in [0.25, 0.3) is 11.1 Å². The molecule has 5 nitrogen and oxygen atoms in total. The fourth-order valence-electron chi connectivity index (χ4n) is 2.40. The zero-order valence-electron chi connectivity index (χ0n) is 14.5. The van der Waals surface area contributed by atoms with Gasteiger partial charge in [-0.25, -0.2) is 0 Å². The molecule has 1 saturated heterocycles. The molecule has 0 spiro atoms. The van der Waals surface area contributed by atoms with Crippen molar-refractivity contribution < 1.29 is 19.1 Å². The fourth-order valence-corrected chi connectivity index (χ4v) is 4.27. The largest absolute Gasteiger partial charge is 0.493 e. The van der Waals surface area contributed by atoms with Crippen LogP contribution in [0.4, 0.5) is 4.79 Å². The lowest BCUT2D eigenvalue weighted by molar-refractivity contribution is -0.121. The minimum Gasteiger partial charge on any atom is -0.493 e.